The number of anilines is 1. The Balaban J connectivity index is 1.62. The molecule has 0 radical (unpaired) electrons. The average Bonchev–Trinajstić information content (AvgIpc) is 2.89. The molecule has 0 spiro atoms. The second kappa shape index (κ2) is 8.31. The van der Waals surface area contributed by atoms with Crippen molar-refractivity contribution in [3.8, 4) is 0 Å². The monoisotopic (exact) mass is 350 g/mol. The number of morpholine rings is 1. The minimum Gasteiger partial charge on any atom is -0.378 e. The number of para-hydroxylation sites is 1. The smallest absolute Gasteiger partial charge is 0.226 e. The molecule has 7 heteroatoms. The van der Waals surface area contributed by atoms with Gasteiger partial charge in [0.2, 0.25) is 5.91 Å². The lowest BCUT2D eigenvalue weighted by Gasteiger charge is -2.23. The van der Waals surface area contributed by atoms with Gasteiger partial charge in [-0.25, -0.2) is 0 Å². The zero-order valence-electron chi connectivity index (χ0n) is 14.2. The van der Waals surface area contributed by atoms with E-state index >= 15 is 0 Å². The normalized spacial score (nSPS) is 30.2. The van der Waals surface area contributed by atoms with Crippen molar-refractivity contribution in [1.82, 2.24) is 16.2 Å². The summed E-state index contributed by atoms with van der Waals surface area (Å²) >= 11 is 1.80. The van der Waals surface area contributed by atoms with Crippen LogP contribution in [0.4, 0.5) is 5.69 Å². The Hall–Kier alpha value is -1.12. The number of thioether (sulfide) groups is 1. The van der Waals surface area contributed by atoms with Crippen LogP contribution in [0.2, 0.25) is 0 Å². The van der Waals surface area contributed by atoms with Crippen molar-refractivity contribution in [1.29, 1.82) is 0 Å². The fraction of sp³-hybridized carbons (Fsp3) is 0.588. The maximum atomic E-state index is 12.4. The van der Waals surface area contributed by atoms with Gasteiger partial charge in [-0.15, -0.1) is 11.8 Å². The van der Waals surface area contributed by atoms with Gasteiger partial charge in [-0.1, -0.05) is 12.1 Å². The summed E-state index contributed by atoms with van der Waals surface area (Å²) in [6, 6.07) is 8.85. The van der Waals surface area contributed by atoms with Crippen LogP contribution in [-0.2, 0) is 9.53 Å². The summed E-state index contributed by atoms with van der Waals surface area (Å²) in [5.41, 5.74) is 7.43. The van der Waals surface area contributed by atoms with E-state index in [1.54, 1.807) is 11.8 Å². The largest absolute Gasteiger partial charge is 0.378 e. The number of ether oxygens (including phenoxy) is 1. The van der Waals surface area contributed by atoms with Crippen molar-refractivity contribution in [3.63, 3.8) is 0 Å². The third-order valence-electron chi connectivity index (χ3n) is 4.38. The Labute approximate surface area is 147 Å². The number of carbonyl (C=O) groups is 1. The van der Waals surface area contributed by atoms with Crippen molar-refractivity contribution in [3.05, 3.63) is 24.3 Å². The zero-order valence-corrected chi connectivity index (χ0v) is 15.0. The fourth-order valence-electron chi connectivity index (χ4n) is 3.06. The lowest BCUT2D eigenvalue weighted by atomic mass is 10.2. The van der Waals surface area contributed by atoms with Crippen LogP contribution in [0.3, 0.4) is 0 Å². The van der Waals surface area contributed by atoms with Crippen LogP contribution in [0, 0.1) is 0 Å². The van der Waals surface area contributed by atoms with E-state index in [0.717, 1.165) is 23.7 Å². The predicted molar refractivity (Wildman–Crippen MR) is 97.1 cm³/mol. The van der Waals surface area contributed by atoms with E-state index in [1.807, 2.05) is 18.2 Å². The Bertz CT molecular complexity index is 555. The molecule has 4 N–H and O–H groups in total. The molecule has 2 saturated heterocycles. The number of carbonyl (C=O) groups excluding carboxylic acids is 1. The summed E-state index contributed by atoms with van der Waals surface area (Å²) < 4.78 is 5.41. The summed E-state index contributed by atoms with van der Waals surface area (Å²) in [4.78, 5) is 13.5. The molecular weight excluding hydrogens is 324 g/mol. The van der Waals surface area contributed by atoms with Crippen molar-refractivity contribution in [2.45, 2.75) is 48.5 Å². The van der Waals surface area contributed by atoms with Crippen LogP contribution in [0.25, 0.3) is 0 Å². The molecule has 1 amide bonds. The molecule has 3 rings (SSSR count). The van der Waals surface area contributed by atoms with E-state index in [2.05, 4.69) is 41.4 Å². The Morgan fingerprint density at radius 2 is 2.04 bits per heavy atom. The summed E-state index contributed by atoms with van der Waals surface area (Å²) in [5.74, 6) is 0.0230. The van der Waals surface area contributed by atoms with Gasteiger partial charge in [0, 0.05) is 41.2 Å². The van der Waals surface area contributed by atoms with Crippen LogP contribution < -0.4 is 21.5 Å². The molecule has 2 heterocycles. The first kappa shape index (κ1) is 17.7. The standard InChI is InChI=1S/C17H26N4O2S/c1-11-17(12(2)21-20-11)24-15-6-4-3-5-14(15)19-16(22)9-13-10-23-8-7-18-13/h3-6,11-13,17-18,20-21H,7-10H2,1-2H3,(H,19,22). The third-order valence-corrected chi connectivity index (χ3v) is 6.08. The molecule has 24 heavy (non-hydrogen) atoms. The van der Waals surface area contributed by atoms with Crippen molar-refractivity contribution >= 4 is 23.4 Å². The molecule has 1 aromatic rings. The molecule has 2 fully saturated rings. The van der Waals surface area contributed by atoms with E-state index in [0.29, 0.717) is 30.4 Å². The molecule has 2 aliphatic rings. The molecule has 3 atom stereocenters. The first-order valence-corrected chi connectivity index (χ1v) is 9.39. The van der Waals surface area contributed by atoms with Gasteiger partial charge in [0.05, 0.1) is 18.9 Å². The maximum absolute atomic E-state index is 12.4. The topological polar surface area (TPSA) is 74.4 Å². The molecule has 0 aliphatic carbocycles. The summed E-state index contributed by atoms with van der Waals surface area (Å²) in [6.07, 6.45) is 0.429. The molecule has 0 aromatic heterocycles. The molecular formula is C17H26N4O2S. The number of hydrazine groups is 1. The SMILES string of the molecule is CC1NNC(C)C1Sc1ccccc1NC(=O)CC1COCCN1. The van der Waals surface area contributed by atoms with Gasteiger partial charge in [-0.05, 0) is 26.0 Å². The number of benzene rings is 1. The molecule has 0 saturated carbocycles. The maximum Gasteiger partial charge on any atom is 0.226 e. The van der Waals surface area contributed by atoms with Crippen molar-refractivity contribution in [2.24, 2.45) is 0 Å². The Kier molecular flexibility index (Phi) is 6.13. The van der Waals surface area contributed by atoms with E-state index in [-0.39, 0.29) is 11.9 Å². The summed E-state index contributed by atoms with van der Waals surface area (Å²) in [5, 5.41) is 6.79. The minimum absolute atomic E-state index is 0.0230. The quantitative estimate of drug-likeness (QED) is 0.642. The Morgan fingerprint density at radius 1 is 1.29 bits per heavy atom. The van der Waals surface area contributed by atoms with Crippen LogP contribution in [0.1, 0.15) is 20.3 Å². The highest BCUT2D eigenvalue weighted by atomic mass is 32.2. The molecule has 3 unspecified atom stereocenters. The van der Waals surface area contributed by atoms with Crippen molar-refractivity contribution in [2.75, 3.05) is 25.1 Å². The fourth-order valence-corrected chi connectivity index (χ4v) is 4.30. The number of rotatable bonds is 5. The molecule has 132 valence electrons. The second-order valence-electron chi connectivity index (χ2n) is 6.42. The summed E-state index contributed by atoms with van der Waals surface area (Å²) in [6.45, 7) is 6.46. The van der Waals surface area contributed by atoms with E-state index in [4.69, 9.17) is 4.74 Å². The summed E-state index contributed by atoms with van der Waals surface area (Å²) in [7, 11) is 0. The lowest BCUT2D eigenvalue weighted by molar-refractivity contribution is -0.117. The zero-order chi connectivity index (χ0) is 16.9. The number of nitrogens with one attached hydrogen (secondary N) is 4. The molecule has 6 nitrogen and oxygen atoms in total. The van der Waals surface area contributed by atoms with Crippen LogP contribution >= 0.6 is 11.8 Å². The molecule has 0 bridgehead atoms. The van der Waals surface area contributed by atoms with Crippen molar-refractivity contribution < 1.29 is 9.53 Å². The van der Waals surface area contributed by atoms with Crippen LogP contribution in [0.15, 0.2) is 29.2 Å². The van der Waals surface area contributed by atoms with Gasteiger partial charge in [0.1, 0.15) is 0 Å². The third kappa shape index (κ3) is 4.49. The predicted octanol–water partition coefficient (Wildman–Crippen LogP) is 1.35. The van der Waals surface area contributed by atoms with Crippen LogP contribution in [-0.4, -0.2) is 49.0 Å². The second-order valence-corrected chi connectivity index (χ2v) is 7.64. The highest BCUT2D eigenvalue weighted by Crippen LogP contribution is 2.34. The van der Waals surface area contributed by atoms with Gasteiger partial charge in [0.15, 0.2) is 0 Å². The highest BCUT2D eigenvalue weighted by Gasteiger charge is 2.31. The lowest BCUT2D eigenvalue weighted by Crippen LogP contribution is -2.43. The number of hydrogen-bond acceptors (Lipinski definition) is 6. The number of hydrogen-bond donors (Lipinski definition) is 4. The van der Waals surface area contributed by atoms with Crippen LogP contribution in [0.5, 0.6) is 0 Å². The Morgan fingerprint density at radius 3 is 2.75 bits per heavy atom. The number of amides is 1. The van der Waals surface area contributed by atoms with Gasteiger partial charge >= 0.3 is 0 Å². The van der Waals surface area contributed by atoms with E-state index in [1.165, 1.54) is 0 Å². The minimum atomic E-state index is 0.0230. The van der Waals surface area contributed by atoms with Gasteiger partial charge in [0.25, 0.3) is 0 Å². The van der Waals surface area contributed by atoms with Gasteiger partial charge < -0.3 is 15.4 Å². The molecule has 2 aliphatic heterocycles. The van der Waals surface area contributed by atoms with E-state index in [9.17, 15) is 4.79 Å². The highest BCUT2D eigenvalue weighted by molar-refractivity contribution is 8.00. The first-order chi connectivity index (χ1) is 11.6. The average molecular weight is 350 g/mol. The van der Waals surface area contributed by atoms with E-state index < -0.39 is 0 Å². The first-order valence-electron chi connectivity index (χ1n) is 8.51. The van der Waals surface area contributed by atoms with Gasteiger partial charge in [-0.2, -0.15) is 0 Å². The molecule has 1 aromatic carbocycles. The van der Waals surface area contributed by atoms with Gasteiger partial charge in [-0.3, -0.25) is 15.6 Å².